The predicted octanol–water partition coefficient (Wildman–Crippen LogP) is 6.08. The Labute approximate surface area is 175 Å². The first kappa shape index (κ1) is 21.2. The standard InChI is InChI=1S/C16H13N3.C7H8O3S/c17-15-10-11-16(14-9-5-4-8-13(14)15)19-18-12-6-2-1-3-7-12;1-6-2-4-7(5-3-6)11(8,9)10/h1-11H,17H2;2-5H,1H3,(H,8,9,10). The Kier molecular flexibility index (Phi) is 6.56. The molecule has 0 aromatic heterocycles. The van der Waals surface area contributed by atoms with E-state index in [0.717, 1.165) is 33.4 Å². The predicted molar refractivity (Wildman–Crippen MR) is 120 cm³/mol. The molecule has 30 heavy (non-hydrogen) atoms. The van der Waals surface area contributed by atoms with Gasteiger partial charge in [-0.1, -0.05) is 60.2 Å². The van der Waals surface area contributed by atoms with Crippen molar-refractivity contribution in [3.05, 3.63) is 96.6 Å². The average Bonchev–Trinajstić information content (AvgIpc) is 2.74. The van der Waals surface area contributed by atoms with Crippen LogP contribution in [0, 0.1) is 6.92 Å². The third kappa shape index (κ3) is 5.50. The van der Waals surface area contributed by atoms with Crippen molar-refractivity contribution in [1.29, 1.82) is 0 Å². The van der Waals surface area contributed by atoms with Gasteiger partial charge in [0.2, 0.25) is 0 Å². The van der Waals surface area contributed by atoms with Crippen LogP contribution >= 0.6 is 0 Å². The molecule has 0 heterocycles. The Balaban J connectivity index is 0.000000199. The molecular weight excluding hydrogens is 398 g/mol. The molecule has 4 aromatic carbocycles. The molecule has 152 valence electrons. The van der Waals surface area contributed by atoms with E-state index in [-0.39, 0.29) is 4.90 Å². The van der Waals surface area contributed by atoms with Gasteiger partial charge in [-0.3, -0.25) is 4.55 Å². The molecule has 0 saturated carbocycles. The van der Waals surface area contributed by atoms with E-state index in [4.69, 9.17) is 10.3 Å². The van der Waals surface area contributed by atoms with E-state index in [1.54, 1.807) is 12.1 Å². The molecule has 6 nitrogen and oxygen atoms in total. The zero-order valence-electron chi connectivity index (χ0n) is 16.3. The van der Waals surface area contributed by atoms with Crippen molar-refractivity contribution in [2.45, 2.75) is 11.8 Å². The number of anilines is 1. The molecule has 0 atom stereocenters. The maximum absolute atomic E-state index is 10.5. The van der Waals surface area contributed by atoms with E-state index in [1.807, 2.05) is 73.7 Å². The second kappa shape index (κ2) is 9.30. The van der Waals surface area contributed by atoms with E-state index < -0.39 is 10.1 Å². The van der Waals surface area contributed by atoms with Crippen LogP contribution in [0.1, 0.15) is 5.56 Å². The molecule has 0 radical (unpaired) electrons. The van der Waals surface area contributed by atoms with Crippen LogP contribution in [-0.4, -0.2) is 13.0 Å². The van der Waals surface area contributed by atoms with E-state index >= 15 is 0 Å². The summed E-state index contributed by atoms with van der Waals surface area (Å²) in [6, 6.07) is 27.4. The van der Waals surface area contributed by atoms with Gasteiger partial charge in [-0.25, -0.2) is 0 Å². The number of nitrogens with zero attached hydrogens (tertiary/aromatic N) is 2. The van der Waals surface area contributed by atoms with Gasteiger partial charge in [0.25, 0.3) is 10.1 Å². The molecule has 0 aliphatic heterocycles. The Bertz CT molecular complexity index is 1270. The average molecular weight is 420 g/mol. The summed E-state index contributed by atoms with van der Waals surface area (Å²) in [4.78, 5) is -0.0666. The van der Waals surface area contributed by atoms with E-state index in [1.165, 1.54) is 12.1 Å². The molecule has 4 rings (SSSR count). The van der Waals surface area contributed by atoms with Crippen molar-refractivity contribution in [3.8, 4) is 0 Å². The van der Waals surface area contributed by atoms with Crippen molar-refractivity contribution >= 4 is 38.0 Å². The summed E-state index contributed by atoms with van der Waals surface area (Å²) < 4.78 is 29.6. The molecule has 3 N–H and O–H groups in total. The number of rotatable bonds is 3. The lowest BCUT2D eigenvalue weighted by Crippen LogP contribution is -1.96. The fraction of sp³-hybridized carbons (Fsp3) is 0.0435. The first-order valence-corrected chi connectivity index (χ1v) is 10.6. The van der Waals surface area contributed by atoms with Gasteiger partial charge >= 0.3 is 0 Å². The maximum Gasteiger partial charge on any atom is 0.294 e. The molecule has 0 fully saturated rings. The van der Waals surface area contributed by atoms with Crippen LogP contribution in [0.3, 0.4) is 0 Å². The summed E-state index contributed by atoms with van der Waals surface area (Å²) in [5.41, 5.74) is 9.34. The van der Waals surface area contributed by atoms with Crippen LogP contribution in [0.25, 0.3) is 10.8 Å². The van der Waals surface area contributed by atoms with Crippen LogP contribution in [0.4, 0.5) is 17.1 Å². The fourth-order valence-corrected chi connectivity index (χ4v) is 3.19. The summed E-state index contributed by atoms with van der Waals surface area (Å²) in [5.74, 6) is 0. The lowest BCUT2D eigenvalue weighted by Gasteiger charge is -2.03. The fourth-order valence-electron chi connectivity index (χ4n) is 2.71. The summed E-state index contributed by atoms with van der Waals surface area (Å²) in [5, 5.41) is 10.6. The third-order valence-electron chi connectivity index (χ3n) is 4.28. The topological polar surface area (TPSA) is 105 Å². The van der Waals surface area contributed by atoms with Crippen LogP contribution in [0.2, 0.25) is 0 Å². The number of hydrogen-bond acceptors (Lipinski definition) is 5. The maximum atomic E-state index is 10.5. The zero-order valence-corrected chi connectivity index (χ0v) is 17.1. The Morgan fingerprint density at radius 1 is 0.733 bits per heavy atom. The summed E-state index contributed by atoms with van der Waals surface area (Å²) in [6.45, 7) is 1.84. The molecule has 0 aliphatic rings. The van der Waals surface area contributed by atoms with Gasteiger partial charge in [-0.2, -0.15) is 13.5 Å². The highest BCUT2D eigenvalue weighted by atomic mass is 32.2. The Hall–Kier alpha value is -3.55. The Morgan fingerprint density at radius 2 is 1.33 bits per heavy atom. The number of fused-ring (bicyclic) bond motifs is 1. The number of nitrogens with two attached hydrogens (primary N) is 1. The summed E-state index contributed by atoms with van der Waals surface area (Å²) in [7, 11) is -4.02. The molecule has 0 unspecified atom stereocenters. The van der Waals surface area contributed by atoms with E-state index in [2.05, 4.69) is 10.2 Å². The lowest BCUT2D eigenvalue weighted by molar-refractivity contribution is 0.483. The minimum Gasteiger partial charge on any atom is -0.398 e. The van der Waals surface area contributed by atoms with Crippen molar-refractivity contribution in [2.24, 2.45) is 10.2 Å². The van der Waals surface area contributed by atoms with Gasteiger partial charge < -0.3 is 5.73 Å². The second-order valence-corrected chi connectivity index (χ2v) is 7.96. The molecule has 4 aromatic rings. The minimum atomic E-state index is -4.02. The van der Waals surface area contributed by atoms with Crippen LogP contribution < -0.4 is 5.73 Å². The quantitative estimate of drug-likeness (QED) is 0.238. The molecule has 0 bridgehead atoms. The molecule has 0 amide bonds. The van der Waals surface area contributed by atoms with Gasteiger partial charge in [0.1, 0.15) is 0 Å². The highest BCUT2D eigenvalue weighted by Gasteiger charge is 2.06. The highest BCUT2D eigenvalue weighted by Crippen LogP contribution is 2.31. The highest BCUT2D eigenvalue weighted by molar-refractivity contribution is 7.85. The first-order valence-electron chi connectivity index (χ1n) is 9.13. The second-order valence-electron chi connectivity index (χ2n) is 6.54. The number of nitrogen functional groups attached to an aromatic ring is 1. The number of azo groups is 1. The van der Waals surface area contributed by atoms with E-state index in [9.17, 15) is 8.42 Å². The molecule has 0 spiro atoms. The van der Waals surface area contributed by atoms with Crippen LogP contribution in [0.15, 0.2) is 106 Å². The van der Waals surface area contributed by atoms with Crippen molar-refractivity contribution in [2.75, 3.05) is 5.73 Å². The zero-order chi connectivity index (χ0) is 21.6. The van der Waals surface area contributed by atoms with Crippen LogP contribution in [0.5, 0.6) is 0 Å². The first-order chi connectivity index (χ1) is 14.3. The molecular formula is C23H21N3O3S. The van der Waals surface area contributed by atoms with E-state index in [0.29, 0.717) is 0 Å². The number of benzene rings is 4. The molecule has 7 heteroatoms. The van der Waals surface area contributed by atoms with Gasteiger partial charge in [-0.15, -0.1) is 5.11 Å². The normalized spacial score (nSPS) is 11.3. The van der Waals surface area contributed by atoms with Crippen molar-refractivity contribution in [1.82, 2.24) is 0 Å². The summed E-state index contributed by atoms with van der Waals surface area (Å²) in [6.07, 6.45) is 0. The summed E-state index contributed by atoms with van der Waals surface area (Å²) >= 11 is 0. The molecule has 0 saturated heterocycles. The van der Waals surface area contributed by atoms with Gasteiger partial charge in [0.15, 0.2) is 0 Å². The van der Waals surface area contributed by atoms with Gasteiger partial charge in [0, 0.05) is 16.5 Å². The Morgan fingerprint density at radius 3 is 1.97 bits per heavy atom. The largest absolute Gasteiger partial charge is 0.398 e. The van der Waals surface area contributed by atoms with Gasteiger partial charge in [0.05, 0.1) is 16.3 Å². The smallest absolute Gasteiger partial charge is 0.294 e. The lowest BCUT2D eigenvalue weighted by atomic mass is 10.1. The third-order valence-corrected chi connectivity index (χ3v) is 5.15. The van der Waals surface area contributed by atoms with Crippen molar-refractivity contribution < 1.29 is 13.0 Å². The van der Waals surface area contributed by atoms with Crippen LogP contribution in [-0.2, 0) is 10.1 Å². The number of aryl methyl sites for hydroxylation is 1. The van der Waals surface area contributed by atoms with Crippen molar-refractivity contribution in [3.63, 3.8) is 0 Å². The SMILES string of the molecule is Cc1ccc(S(=O)(=O)O)cc1.Nc1ccc(N=Nc2ccccc2)c2ccccc12. The number of hydrogen-bond donors (Lipinski definition) is 2. The van der Waals surface area contributed by atoms with Gasteiger partial charge in [-0.05, 0) is 43.3 Å². The minimum absolute atomic E-state index is 0.0666. The molecule has 0 aliphatic carbocycles. The monoisotopic (exact) mass is 419 g/mol.